The molecule has 370 valence electrons. The molecule has 2 aliphatic heterocycles. The highest BCUT2D eigenvalue weighted by molar-refractivity contribution is 6.03. The summed E-state index contributed by atoms with van der Waals surface area (Å²) in [7, 11) is 0. The van der Waals surface area contributed by atoms with Crippen molar-refractivity contribution in [1.29, 1.82) is 0 Å². The van der Waals surface area contributed by atoms with Crippen LogP contribution in [0.3, 0.4) is 0 Å². The van der Waals surface area contributed by atoms with E-state index in [1.165, 1.54) is 88.9 Å². The lowest BCUT2D eigenvalue weighted by Gasteiger charge is -2.15. The van der Waals surface area contributed by atoms with Gasteiger partial charge < -0.3 is 18.3 Å². The Hall–Kier alpha value is -9.90. The molecule has 0 atom stereocenters. The third-order valence-electron chi connectivity index (χ3n) is 16.2. The van der Waals surface area contributed by atoms with Gasteiger partial charge in [0.15, 0.2) is 0 Å². The van der Waals surface area contributed by atoms with Crippen LogP contribution in [0, 0.1) is 0 Å². The molecule has 4 aromatic heterocycles. The van der Waals surface area contributed by atoms with E-state index in [2.05, 4.69) is 298 Å². The molecule has 0 amide bonds. The first-order chi connectivity index (χ1) is 38.7. The number of nitrogens with zero attached hydrogens (tertiary/aromatic N) is 4. The van der Waals surface area contributed by atoms with E-state index in [4.69, 9.17) is 0 Å². The molecule has 13 aromatic rings. The summed E-state index contributed by atoms with van der Waals surface area (Å²) in [6, 6.07) is 89.5. The van der Waals surface area contributed by atoms with Gasteiger partial charge in [-0.3, -0.25) is 0 Å². The first-order valence-electron chi connectivity index (χ1n) is 27.3. The van der Waals surface area contributed by atoms with Crippen molar-refractivity contribution >= 4 is 34.2 Å². The first-order valence-corrected chi connectivity index (χ1v) is 27.3. The third-order valence-corrected chi connectivity index (χ3v) is 16.2. The number of hydrogen-bond acceptors (Lipinski definition) is 0. The topological polar surface area (TPSA) is 19.7 Å². The Morgan fingerprint density at radius 3 is 0.974 bits per heavy atom. The van der Waals surface area contributed by atoms with Gasteiger partial charge in [-0.05, 0) is 130 Å². The summed E-state index contributed by atoms with van der Waals surface area (Å²) in [4.78, 5) is 0. The molecule has 0 unspecified atom stereocenters. The molecule has 78 heavy (non-hydrogen) atoms. The minimum absolute atomic E-state index is 1.02. The smallest absolute Gasteiger partial charge is 0.0542 e. The molecule has 0 radical (unpaired) electrons. The van der Waals surface area contributed by atoms with E-state index >= 15 is 0 Å². The summed E-state index contributed by atoms with van der Waals surface area (Å²) in [5.74, 6) is 0. The number of benzene rings is 9. The SMILES string of the molecule is C1=Cn2cc(-c3ccc(-n4c(-c5ccc(-c6ccccc6)cc5)cc5cc6c(cc(-c7ccc(-c8ccccc8)cc7)n6-c6ccc(-c7cn8c(c7-c7ccccc7)CCC=C8)cc6)cc54)cc3)c(-c3ccccc3)c2CC1. The molecule has 9 aromatic carbocycles. The fourth-order valence-corrected chi connectivity index (χ4v) is 12.4. The van der Waals surface area contributed by atoms with Gasteiger partial charge in [-0.2, -0.15) is 0 Å². The zero-order valence-electron chi connectivity index (χ0n) is 43.2. The lowest BCUT2D eigenvalue weighted by molar-refractivity contribution is 0.879. The standard InChI is InChI=1S/C74H54N4/c1-5-17-51(18-6-1)53-27-31-57(32-28-53)69-45-61-47-72-62(48-71(61)77(69)63-39-35-55(36-40-63)65-49-75-43-15-13-25-67(75)73(65)59-21-9-3-10-22-59)46-70(58-33-29-54(30-34-58)52-19-7-2-8-20-52)78(72)64-41-37-56(38-42-64)66-50-76-44-16-14-26-68(76)74(66)60-23-11-4-12-24-60/h1-12,15-24,27-50H,13-14,25-26H2. The molecule has 0 spiro atoms. The molecule has 0 bridgehead atoms. The van der Waals surface area contributed by atoms with Gasteiger partial charge in [0.05, 0.1) is 22.4 Å². The van der Waals surface area contributed by atoms with Crippen LogP contribution in [0.2, 0.25) is 0 Å². The van der Waals surface area contributed by atoms with Crippen LogP contribution < -0.4 is 0 Å². The molecule has 15 rings (SSSR count). The Bertz CT molecular complexity index is 4110. The van der Waals surface area contributed by atoms with Gasteiger partial charge in [0, 0.05) is 80.6 Å². The van der Waals surface area contributed by atoms with Crippen molar-refractivity contribution in [2.24, 2.45) is 0 Å². The van der Waals surface area contributed by atoms with E-state index in [1.807, 2.05) is 0 Å². The summed E-state index contributed by atoms with van der Waals surface area (Å²) < 4.78 is 9.60. The summed E-state index contributed by atoms with van der Waals surface area (Å²) in [5, 5.41) is 2.35. The highest BCUT2D eigenvalue weighted by Gasteiger charge is 2.23. The Kier molecular flexibility index (Phi) is 11.1. The van der Waals surface area contributed by atoms with Gasteiger partial charge in [-0.25, -0.2) is 0 Å². The molecule has 0 N–H and O–H groups in total. The third kappa shape index (κ3) is 7.92. The minimum Gasteiger partial charge on any atom is -0.327 e. The van der Waals surface area contributed by atoms with Crippen molar-refractivity contribution in [3.05, 3.63) is 279 Å². The quantitative estimate of drug-likeness (QED) is 0.130. The molecular formula is C74H54N4. The van der Waals surface area contributed by atoms with Crippen LogP contribution in [0.1, 0.15) is 24.2 Å². The molecule has 0 aliphatic carbocycles. The Labute approximate surface area is 455 Å². The van der Waals surface area contributed by atoms with E-state index in [1.54, 1.807) is 0 Å². The van der Waals surface area contributed by atoms with Crippen molar-refractivity contribution in [1.82, 2.24) is 18.3 Å². The van der Waals surface area contributed by atoms with Gasteiger partial charge in [0.2, 0.25) is 0 Å². The molecular weight excluding hydrogens is 945 g/mol. The van der Waals surface area contributed by atoms with Gasteiger partial charge in [-0.1, -0.05) is 206 Å². The van der Waals surface area contributed by atoms with Gasteiger partial charge >= 0.3 is 0 Å². The van der Waals surface area contributed by atoms with E-state index in [0.717, 1.165) is 70.6 Å². The monoisotopic (exact) mass is 998 g/mol. The second-order valence-corrected chi connectivity index (χ2v) is 20.8. The number of hydrogen-bond donors (Lipinski definition) is 0. The molecule has 0 fully saturated rings. The van der Waals surface area contributed by atoms with Gasteiger partial charge in [0.25, 0.3) is 0 Å². The molecule has 4 nitrogen and oxygen atoms in total. The average Bonchev–Trinajstić information content (AvgIpc) is 4.37. The van der Waals surface area contributed by atoms with Crippen LogP contribution in [0.15, 0.2) is 267 Å². The van der Waals surface area contributed by atoms with Crippen LogP contribution in [0.5, 0.6) is 0 Å². The maximum absolute atomic E-state index is 2.47. The lowest BCUT2D eigenvalue weighted by Crippen LogP contribution is -1.99. The van der Waals surface area contributed by atoms with E-state index in [9.17, 15) is 0 Å². The molecule has 4 heteroatoms. The highest BCUT2D eigenvalue weighted by Crippen LogP contribution is 2.44. The van der Waals surface area contributed by atoms with Crippen LogP contribution in [0.4, 0.5) is 0 Å². The predicted octanol–water partition coefficient (Wildman–Crippen LogP) is 19.3. The summed E-state index contributed by atoms with van der Waals surface area (Å²) in [6.45, 7) is 0. The van der Waals surface area contributed by atoms with Crippen LogP contribution in [0.25, 0.3) is 135 Å². The summed E-state index contributed by atoms with van der Waals surface area (Å²) in [6.07, 6.45) is 17.8. The lowest BCUT2D eigenvalue weighted by atomic mass is 9.95. The Morgan fingerprint density at radius 2 is 0.603 bits per heavy atom. The maximum Gasteiger partial charge on any atom is 0.0542 e. The van der Waals surface area contributed by atoms with Crippen molar-refractivity contribution in [3.8, 4) is 101 Å². The van der Waals surface area contributed by atoms with Crippen LogP contribution >= 0.6 is 0 Å². The van der Waals surface area contributed by atoms with Gasteiger partial charge in [-0.15, -0.1) is 0 Å². The second kappa shape index (κ2) is 19.0. The zero-order valence-corrected chi connectivity index (χ0v) is 43.2. The first kappa shape index (κ1) is 45.5. The van der Waals surface area contributed by atoms with E-state index in [-0.39, 0.29) is 0 Å². The number of fused-ring (bicyclic) bond motifs is 4. The van der Waals surface area contributed by atoms with Gasteiger partial charge in [0.1, 0.15) is 0 Å². The number of aromatic nitrogens is 4. The second-order valence-electron chi connectivity index (χ2n) is 20.8. The minimum atomic E-state index is 1.02. The Morgan fingerprint density at radius 1 is 0.282 bits per heavy atom. The molecule has 0 saturated carbocycles. The summed E-state index contributed by atoms with van der Waals surface area (Å²) in [5.41, 5.74) is 26.8. The molecule has 2 aliphatic rings. The maximum atomic E-state index is 2.47. The van der Waals surface area contributed by atoms with E-state index in [0.29, 0.717) is 0 Å². The number of allylic oxidation sites excluding steroid dienone is 2. The van der Waals surface area contributed by atoms with Crippen LogP contribution in [-0.2, 0) is 12.8 Å². The Balaban J connectivity index is 0.899. The van der Waals surface area contributed by atoms with Crippen LogP contribution in [-0.4, -0.2) is 18.3 Å². The summed E-state index contributed by atoms with van der Waals surface area (Å²) >= 11 is 0. The highest BCUT2D eigenvalue weighted by atomic mass is 15.0. The zero-order chi connectivity index (χ0) is 51.5. The fourth-order valence-electron chi connectivity index (χ4n) is 12.4. The largest absolute Gasteiger partial charge is 0.327 e. The molecule has 6 heterocycles. The van der Waals surface area contributed by atoms with Crippen molar-refractivity contribution in [2.75, 3.05) is 0 Å². The number of rotatable bonds is 10. The molecule has 0 saturated heterocycles. The fraction of sp³-hybridized carbons (Fsp3) is 0.0541. The van der Waals surface area contributed by atoms with E-state index < -0.39 is 0 Å². The van der Waals surface area contributed by atoms with Crippen molar-refractivity contribution < 1.29 is 0 Å². The average molecular weight is 999 g/mol. The predicted molar refractivity (Wildman–Crippen MR) is 327 cm³/mol. The van der Waals surface area contributed by atoms with Crippen molar-refractivity contribution in [2.45, 2.75) is 25.7 Å². The normalized spacial score (nSPS) is 12.8. The van der Waals surface area contributed by atoms with Crippen molar-refractivity contribution in [3.63, 3.8) is 0 Å².